The average Bonchev–Trinajstić information content (AvgIpc) is 3.13. The smallest absolute Gasteiger partial charge is 0.307 e. The first-order valence-electron chi connectivity index (χ1n) is 10.4. The van der Waals surface area contributed by atoms with Crippen molar-refractivity contribution >= 4 is 16.7 Å². The third kappa shape index (κ3) is 4.13. The summed E-state index contributed by atoms with van der Waals surface area (Å²) in [5, 5.41) is 4.32. The molecule has 1 saturated carbocycles. The summed E-state index contributed by atoms with van der Waals surface area (Å²) in [7, 11) is 1.76. The predicted molar refractivity (Wildman–Crippen MR) is 111 cm³/mol. The molecule has 1 aliphatic rings. The van der Waals surface area contributed by atoms with E-state index in [9.17, 15) is 18.8 Å². The van der Waals surface area contributed by atoms with Crippen LogP contribution in [0.1, 0.15) is 50.3 Å². The Morgan fingerprint density at radius 3 is 2.70 bits per heavy atom. The zero-order chi connectivity index (χ0) is 21.3. The van der Waals surface area contributed by atoms with Crippen molar-refractivity contribution in [2.45, 2.75) is 51.0 Å². The maximum atomic E-state index is 13.8. The Labute approximate surface area is 172 Å². The lowest BCUT2D eigenvalue weighted by Crippen LogP contribution is -2.42. The van der Waals surface area contributed by atoms with Crippen LogP contribution in [0.3, 0.4) is 0 Å². The van der Waals surface area contributed by atoms with Gasteiger partial charge in [-0.1, -0.05) is 32.1 Å². The number of ketones is 1. The number of nitrogens with one attached hydrogen (secondary N) is 1. The monoisotopic (exact) mass is 412 g/mol. The van der Waals surface area contributed by atoms with Gasteiger partial charge in [0.1, 0.15) is 11.9 Å². The number of carbonyl (C=O) groups excluding carboxylic acids is 1. The van der Waals surface area contributed by atoms with Gasteiger partial charge in [0.25, 0.3) is 5.56 Å². The summed E-state index contributed by atoms with van der Waals surface area (Å²) < 4.78 is 16.3. The number of halogens is 1. The Bertz CT molecular complexity index is 1190. The number of rotatable bonds is 6. The van der Waals surface area contributed by atoms with Gasteiger partial charge in [0, 0.05) is 13.2 Å². The molecule has 3 aromatic rings. The van der Waals surface area contributed by atoms with Gasteiger partial charge in [-0.2, -0.15) is 5.10 Å². The van der Waals surface area contributed by atoms with Gasteiger partial charge in [-0.25, -0.2) is 13.8 Å². The number of aromatic amines is 1. The third-order valence-corrected chi connectivity index (χ3v) is 5.98. The Hall–Kier alpha value is -3.03. The molecule has 8 heteroatoms. The van der Waals surface area contributed by atoms with E-state index < -0.39 is 23.1 Å². The van der Waals surface area contributed by atoms with Gasteiger partial charge in [-0.15, -0.1) is 0 Å². The van der Waals surface area contributed by atoms with Crippen LogP contribution in [0.4, 0.5) is 4.39 Å². The molecule has 1 aliphatic carbocycles. The van der Waals surface area contributed by atoms with Gasteiger partial charge in [-0.05, 0) is 36.6 Å². The molecular weight excluding hydrogens is 387 g/mol. The topological polar surface area (TPSA) is 89.8 Å². The van der Waals surface area contributed by atoms with Gasteiger partial charge in [-0.3, -0.25) is 14.3 Å². The molecule has 0 amide bonds. The Balaban J connectivity index is 1.77. The maximum Gasteiger partial charge on any atom is 0.329 e. The molecule has 30 heavy (non-hydrogen) atoms. The lowest BCUT2D eigenvalue weighted by molar-refractivity contribution is -0.122. The second-order valence-electron chi connectivity index (χ2n) is 8.17. The van der Waals surface area contributed by atoms with Crippen molar-refractivity contribution in [2.75, 3.05) is 0 Å². The largest absolute Gasteiger partial charge is 0.329 e. The highest BCUT2D eigenvalue weighted by Crippen LogP contribution is 2.31. The first-order chi connectivity index (χ1) is 14.4. The molecule has 4 rings (SSSR count). The Kier molecular flexibility index (Phi) is 5.65. The molecule has 1 aromatic carbocycles. The molecule has 1 atom stereocenters. The number of aryl methyl sites for hydroxylation is 1. The molecule has 0 saturated heterocycles. The fraction of sp³-hybridized carbons (Fsp3) is 0.455. The Morgan fingerprint density at radius 2 is 2.00 bits per heavy atom. The van der Waals surface area contributed by atoms with Crippen molar-refractivity contribution in [1.82, 2.24) is 19.3 Å². The quantitative estimate of drug-likeness (QED) is 0.674. The minimum absolute atomic E-state index is 0.0330. The number of benzene rings is 1. The van der Waals surface area contributed by atoms with Crippen molar-refractivity contribution in [3.8, 4) is 0 Å². The van der Waals surface area contributed by atoms with Crippen molar-refractivity contribution < 1.29 is 9.18 Å². The summed E-state index contributed by atoms with van der Waals surface area (Å²) in [6, 6.07) is 4.50. The fourth-order valence-electron chi connectivity index (χ4n) is 4.46. The van der Waals surface area contributed by atoms with E-state index in [-0.39, 0.29) is 29.0 Å². The summed E-state index contributed by atoms with van der Waals surface area (Å²) in [4.78, 5) is 41.9. The van der Waals surface area contributed by atoms with E-state index >= 15 is 0 Å². The standard InChI is InChI=1S/C22H25FN4O3/c1-26-10-9-16(25-26)13-20(28)19(11-14-5-3-2-4-6-14)27-21(29)17-12-15(23)7-8-18(17)24-22(27)30/h7-10,12,14,19H,2-6,11,13H2,1H3,(H,24,30). The van der Waals surface area contributed by atoms with Crippen molar-refractivity contribution in [3.05, 3.63) is 62.8 Å². The lowest BCUT2D eigenvalue weighted by Gasteiger charge is -2.26. The van der Waals surface area contributed by atoms with E-state index in [1.165, 1.54) is 18.6 Å². The molecule has 2 heterocycles. The highest BCUT2D eigenvalue weighted by atomic mass is 19.1. The second-order valence-corrected chi connectivity index (χ2v) is 8.17. The van der Waals surface area contributed by atoms with E-state index in [0.717, 1.165) is 36.3 Å². The van der Waals surface area contributed by atoms with Crippen molar-refractivity contribution in [3.63, 3.8) is 0 Å². The minimum Gasteiger partial charge on any atom is -0.307 e. The van der Waals surface area contributed by atoms with Crippen LogP contribution >= 0.6 is 0 Å². The summed E-state index contributed by atoms with van der Waals surface area (Å²) in [6.07, 6.45) is 7.49. The van der Waals surface area contributed by atoms with Crippen LogP contribution in [0.15, 0.2) is 40.1 Å². The van der Waals surface area contributed by atoms with E-state index in [2.05, 4.69) is 10.1 Å². The molecule has 0 bridgehead atoms. The molecule has 2 aromatic heterocycles. The predicted octanol–water partition coefficient (Wildman–Crippen LogP) is 2.89. The summed E-state index contributed by atoms with van der Waals surface area (Å²) >= 11 is 0. The highest BCUT2D eigenvalue weighted by molar-refractivity contribution is 5.85. The molecule has 158 valence electrons. The van der Waals surface area contributed by atoms with Crippen LogP contribution in [0, 0.1) is 11.7 Å². The van der Waals surface area contributed by atoms with Crippen LogP contribution in [0.2, 0.25) is 0 Å². The maximum absolute atomic E-state index is 13.8. The molecule has 1 N–H and O–H groups in total. The number of carbonyl (C=O) groups is 1. The first kappa shape index (κ1) is 20.3. The number of nitrogens with zero attached hydrogens (tertiary/aromatic N) is 3. The van der Waals surface area contributed by atoms with Crippen LogP contribution in [0.25, 0.3) is 10.9 Å². The summed E-state index contributed by atoms with van der Waals surface area (Å²) in [6.45, 7) is 0. The zero-order valence-electron chi connectivity index (χ0n) is 16.9. The molecule has 0 aliphatic heterocycles. The van der Waals surface area contributed by atoms with Crippen LogP contribution in [-0.2, 0) is 18.3 Å². The minimum atomic E-state index is -0.904. The Morgan fingerprint density at radius 1 is 1.23 bits per heavy atom. The van der Waals surface area contributed by atoms with Gasteiger partial charge < -0.3 is 4.98 Å². The molecule has 0 radical (unpaired) electrons. The number of hydrogen-bond acceptors (Lipinski definition) is 4. The SMILES string of the molecule is Cn1ccc(CC(=O)C(CC2CCCCC2)n2c(=O)[nH]c3ccc(F)cc3c2=O)n1. The lowest BCUT2D eigenvalue weighted by atomic mass is 9.83. The van der Waals surface area contributed by atoms with E-state index in [1.54, 1.807) is 24.0 Å². The van der Waals surface area contributed by atoms with E-state index in [4.69, 9.17) is 0 Å². The normalized spacial score (nSPS) is 16.1. The second kappa shape index (κ2) is 8.38. The zero-order valence-corrected chi connectivity index (χ0v) is 16.9. The van der Waals surface area contributed by atoms with E-state index in [0.29, 0.717) is 12.1 Å². The molecular formula is C22H25FN4O3. The number of Topliss-reactive ketones (excluding diaryl/α,β-unsaturated/α-hetero) is 1. The highest BCUT2D eigenvalue weighted by Gasteiger charge is 2.29. The number of H-pyrrole nitrogens is 1. The number of aromatic nitrogens is 4. The molecule has 1 unspecified atom stereocenters. The van der Waals surface area contributed by atoms with E-state index in [1.807, 2.05) is 0 Å². The first-order valence-corrected chi connectivity index (χ1v) is 10.4. The van der Waals surface area contributed by atoms with Gasteiger partial charge >= 0.3 is 5.69 Å². The molecule has 0 spiro atoms. The summed E-state index contributed by atoms with van der Waals surface area (Å²) in [5.74, 6) is -0.532. The third-order valence-electron chi connectivity index (χ3n) is 5.98. The van der Waals surface area contributed by atoms with Crippen molar-refractivity contribution in [1.29, 1.82) is 0 Å². The van der Waals surface area contributed by atoms with Gasteiger partial charge in [0.05, 0.1) is 23.0 Å². The molecule has 1 fully saturated rings. The number of hydrogen-bond donors (Lipinski definition) is 1. The fourth-order valence-corrected chi connectivity index (χ4v) is 4.46. The number of fused-ring (bicyclic) bond motifs is 1. The van der Waals surface area contributed by atoms with Crippen LogP contribution < -0.4 is 11.2 Å². The van der Waals surface area contributed by atoms with Gasteiger partial charge in [0.15, 0.2) is 5.78 Å². The van der Waals surface area contributed by atoms with Gasteiger partial charge in [0.2, 0.25) is 0 Å². The van der Waals surface area contributed by atoms with Crippen molar-refractivity contribution in [2.24, 2.45) is 13.0 Å². The van der Waals surface area contributed by atoms with Crippen LogP contribution in [-0.4, -0.2) is 25.1 Å². The summed E-state index contributed by atoms with van der Waals surface area (Å²) in [5.41, 5.74) is -0.429. The average molecular weight is 412 g/mol. The van der Waals surface area contributed by atoms with Crippen LogP contribution in [0.5, 0.6) is 0 Å². The molecule has 7 nitrogen and oxygen atoms in total.